The quantitative estimate of drug-likeness (QED) is 0.687. The van der Waals surface area contributed by atoms with E-state index in [1.807, 2.05) is 0 Å². The summed E-state index contributed by atoms with van der Waals surface area (Å²) < 4.78 is 47.4. The Hall–Kier alpha value is -2.62. The second-order valence-corrected chi connectivity index (χ2v) is 5.86. The summed E-state index contributed by atoms with van der Waals surface area (Å²) >= 11 is 0. The third-order valence-electron chi connectivity index (χ3n) is 3.78. The Morgan fingerprint density at radius 1 is 1.15 bits per heavy atom. The van der Waals surface area contributed by atoms with Crippen LogP contribution in [0.5, 0.6) is 0 Å². The molecular formula is C17H19F3N2O5. The molecule has 1 aliphatic heterocycles. The first-order valence-corrected chi connectivity index (χ1v) is 8.25. The van der Waals surface area contributed by atoms with E-state index in [0.29, 0.717) is 13.2 Å². The number of carbonyl (C=O) groups is 3. The van der Waals surface area contributed by atoms with Crippen LogP contribution in [0.15, 0.2) is 24.3 Å². The fourth-order valence-electron chi connectivity index (χ4n) is 2.35. The molecule has 0 spiro atoms. The maximum absolute atomic E-state index is 12.5. The highest BCUT2D eigenvalue weighted by atomic mass is 19.4. The summed E-state index contributed by atoms with van der Waals surface area (Å²) in [5.74, 6) is -2.07. The third-order valence-corrected chi connectivity index (χ3v) is 3.78. The number of benzene rings is 1. The zero-order chi connectivity index (χ0) is 19.9. The molecule has 27 heavy (non-hydrogen) atoms. The van der Waals surface area contributed by atoms with Crippen molar-refractivity contribution in [1.29, 1.82) is 0 Å². The first-order valence-electron chi connectivity index (χ1n) is 8.25. The van der Waals surface area contributed by atoms with Gasteiger partial charge in [0.15, 0.2) is 6.61 Å². The Morgan fingerprint density at radius 3 is 2.44 bits per heavy atom. The molecule has 1 atom stereocenters. The smallest absolute Gasteiger partial charge is 0.416 e. The summed E-state index contributed by atoms with van der Waals surface area (Å²) in [6, 6.07) is 3.54. The fraction of sp³-hybridized carbons (Fsp3) is 0.471. The highest BCUT2D eigenvalue weighted by molar-refractivity contribution is 5.96. The number of halogens is 3. The highest BCUT2D eigenvalue weighted by Crippen LogP contribution is 2.29. The van der Waals surface area contributed by atoms with Crippen LogP contribution in [0.1, 0.15) is 28.8 Å². The second kappa shape index (κ2) is 9.36. The number of alkyl halides is 3. The van der Waals surface area contributed by atoms with Gasteiger partial charge in [-0.15, -0.1) is 0 Å². The largest absolute Gasteiger partial charge is 0.454 e. The minimum absolute atomic E-state index is 0.0346. The van der Waals surface area contributed by atoms with E-state index in [1.165, 1.54) is 0 Å². The van der Waals surface area contributed by atoms with Gasteiger partial charge in [-0.05, 0) is 37.1 Å². The van der Waals surface area contributed by atoms with E-state index in [2.05, 4.69) is 10.6 Å². The van der Waals surface area contributed by atoms with Crippen LogP contribution in [-0.2, 0) is 25.2 Å². The maximum atomic E-state index is 12.5. The van der Waals surface area contributed by atoms with Gasteiger partial charge in [0, 0.05) is 18.7 Å². The van der Waals surface area contributed by atoms with Crippen LogP contribution in [0, 0.1) is 0 Å². The maximum Gasteiger partial charge on any atom is 0.416 e. The van der Waals surface area contributed by atoms with Gasteiger partial charge >= 0.3 is 12.1 Å². The van der Waals surface area contributed by atoms with E-state index in [4.69, 9.17) is 9.47 Å². The number of hydrogen-bond acceptors (Lipinski definition) is 5. The summed E-state index contributed by atoms with van der Waals surface area (Å²) in [5.41, 5.74) is -0.919. The van der Waals surface area contributed by atoms with Crippen LogP contribution in [0.2, 0.25) is 0 Å². The van der Waals surface area contributed by atoms with E-state index in [9.17, 15) is 27.6 Å². The Labute approximate surface area is 153 Å². The lowest BCUT2D eigenvalue weighted by Gasteiger charge is -2.11. The van der Waals surface area contributed by atoms with Crippen molar-refractivity contribution < 1.29 is 37.0 Å². The van der Waals surface area contributed by atoms with Gasteiger partial charge < -0.3 is 20.1 Å². The number of amides is 2. The SMILES string of the molecule is O=C(COC(=O)CNC(=O)c1ccc(C(F)(F)F)cc1)NC[C@@H]1CCCO1. The van der Waals surface area contributed by atoms with E-state index in [1.54, 1.807) is 0 Å². The number of nitrogens with one attached hydrogen (secondary N) is 2. The average Bonchev–Trinajstić information content (AvgIpc) is 3.15. The molecule has 1 saturated heterocycles. The Morgan fingerprint density at radius 2 is 1.85 bits per heavy atom. The van der Waals surface area contributed by atoms with Gasteiger partial charge in [-0.3, -0.25) is 14.4 Å². The molecule has 0 bridgehead atoms. The Bertz CT molecular complexity index is 670. The minimum atomic E-state index is -4.50. The molecule has 1 aliphatic rings. The van der Waals surface area contributed by atoms with Crippen LogP contribution in [0.25, 0.3) is 0 Å². The molecule has 148 valence electrons. The normalized spacial score (nSPS) is 16.6. The number of ether oxygens (including phenoxy) is 2. The van der Waals surface area contributed by atoms with Crippen molar-refractivity contribution in [2.75, 3.05) is 26.3 Å². The molecule has 0 aromatic heterocycles. The Balaban J connectivity index is 1.66. The molecule has 1 heterocycles. The second-order valence-electron chi connectivity index (χ2n) is 5.86. The molecule has 2 amide bonds. The molecule has 0 radical (unpaired) electrons. The molecule has 0 saturated carbocycles. The lowest BCUT2D eigenvalue weighted by Crippen LogP contribution is -2.36. The number of hydrogen-bond donors (Lipinski definition) is 2. The summed E-state index contributed by atoms with van der Waals surface area (Å²) in [6.07, 6.45) is -2.74. The molecule has 0 aliphatic carbocycles. The van der Waals surface area contributed by atoms with Gasteiger partial charge in [-0.1, -0.05) is 0 Å². The van der Waals surface area contributed by atoms with Gasteiger partial charge in [-0.25, -0.2) is 0 Å². The standard InChI is InChI=1S/C17H19F3N2O5/c18-17(19,20)12-5-3-11(4-6-12)16(25)22-9-15(24)27-10-14(23)21-8-13-2-1-7-26-13/h3-6,13H,1-2,7-10H2,(H,21,23)(H,22,25)/t13-/m0/s1. The van der Waals surface area contributed by atoms with Crippen molar-refractivity contribution in [3.63, 3.8) is 0 Å². The lowest BCUT2D eigenvalue weighted by molar-refractivity contribution is -0.147. The van der Waals surface area contributed by atoms with Crippen molar-refractivity contribution in [1.82, 2.24) is 10.6 Å². The zero-order valence-electron chi connectivity index (χ0n) is 14.3. The van der Waals surface area contributed by atoms with E-state index < -0.39 is 42.7 Å². The molecule has 2 N–H and O–H groups in total. The van der Waals surface area contributed by atoms with Crippen LogP contribution in [-0.4, -0.2) is 50.2 Å². The number of rotatable bonds is 7. The van der Waals surface area contributed by atoms with Gasteiger partial charge in [-0.2, -0.15) is 13.2 Å². The van der Waals surface area contributed by atoms with Crippen molar-refractivity contribution in [2.45, 2.75) is 25.1 Å². The average molecular weight is 388 g/mol. The first kappa shape index (κ1) is 20.7. The molecule has 1 aromatic rings. The van der Waals surface area contributed by atoms with Gasteiger partial charge in [0.1, 0.15) is 6.54 Å². The topological polar surface area (TPSA) is 93.7 Å². The predicted octanol–water partition coefficient (Wildman–Crippen LogP) is 1.27. The predicted molar refractivity (Wildman–Crippen MR) is 86.7 cm³/mol. The molecule has 1 aromatic carbocycles. The van der Waals surface area contributed by atoms with Crippen molar-refractivity contribution in [3.05, 3.63) is 35.4 Å². The molecule has 0 unspecified atom stereocenters. The third kappa shape index (κ3) is 6.89. The van der Waals surface area contributed by atoms with Gasteiger partial charge in [0.2, 0.25) is 0 Å². The fourth-order valence-corrected chi connectivity index (χ4v) is 2.35. The minimum Gasteiger partial charge on any atom is -0.454 e. The lowest BCUT2D eigenvalue weighted by atomic mass is 10.1. The summed E-state index contributed by atoms with van der Waals surface area (Å²) in [5, 5.41) is 4.78. The van der Waals surface area contributed by atoms with Gasteiger partial charge in [0.05, 0.1) is 11.7 Å². The van der Waals surface area contributed by atoms with Crippen molar-refractivity contribution in [3.8, 4) is 0 Å². The zero-order valence-corrected chi connectivity index (χ0v) is 14.3. The first-order chi connectivity index (χ1) is 12.8. The van der Waals surface area contributed by atoms with E-state index in [0.717, 1.165) is 37.1 Å². The summed E-state index contributed by atoms with van der Waals surface area (Å²) in [7, 11) is 0. The monoisotopic (exact) mass is 388 g/mol. The Kier molecular flexibility index (Phi) is 7.17. The molecular weight excluding hydrogens is 369 g/mol. The molecule has 1 fully saturated rings. The van der Waals surface area contributed by atoms with Crippen LogP contribution >= 0.6 is 0 Å². The molecule has 7 nitrogen and oxygen atoms in total. The van der Waals surface area contributed by atoms with E-state index >= 15 is 0 Å². The summed E-state index contributed by atoms with van der Waals surface area (Å²) in [4.78, 5) is 34.9. The van der Waals surface area contributed by atoms with Crippen molar-refractivity contribution in [2.24, 2.45) is 0 Å². The number of carbonyl (C=O) groups excluding carboxylic acids is 3. The van der Waals surface area contributed by atoms with Crippen LogP contribution < -0.4 is 10.6 Å². The van der Waals surface area contributed by atoms with Crippen LogP contribution in [0.3, 0.4) is 0 Å². The molecule has 2 rings (SSSR count). The van der Waals surface area contributed by atoms with Gasteiger partial charge in [0.25, 0.3) is 11.8 Å². The number of esters is 1. The van der Waals surface area contributed by atoms with E-state index in [-0.39, 0.29) is 11.7 Å². The van der Waals surface area contributed by atoms with Crippen molar-refractivity contribution >= 4 is 17.8 Å². The van der Waals surface area contributed by atoms with Crippen LogP contribution in [0.4, 0.5) is 13.2 Å². The molecule has 10 heteroatoms. The summed E-state index contributed by atoms with van der Waals surface area (Å²) in [6.45, 7) is -0.0181. The highest BCUT2D eigenvalue weighted by Gasteiger charge is 2.30.